The van der Waals surface area contributed by atoms with Gasteiger partial charge in [0, 0.05) is 12.1 Å². The minimum absolute atomic E-state index is 0.247. The van der Waals surface area contributed by atoms with E-state index in [1.807, 2.05) is 48.5 Å². The minimum atomic E-state index is -3.55. The molecule has 4 rings (SSSR count). The highest BCUT2D eigenvalue weighted by Crippen LogP contribution is 2.22. The maximum Gasteiger partial charge on any atom is 0.240 e. The van der Waals surface area contributed by atoms with Gasteiger partial charge < -0.3 is 4.98 Å². The summed E-state index contributed by atoms with van der Waals surface area (Å²) in [6.07, 6.45) is 2.68. The van der Waals surface area contributed by atoms with Crippen molar-refractivity contribution in [3.63, 3.8) is 0 Å². The normalized spacial score (nSPS) is 11.7. The molecule has 0 radical (unpaired) electrons. The number of aryl methyl sites for hydroxylation is 1. The Bertz CT molecular complexity index is 1190. The minimum Gasteiger partial charge on any atom is -0.338 e. The number of fused-ring (bicyclic) bond motifs is 1. The summed E-state index contributed by atoms with van der Waals surface area (Å²) in [6, 6.07) is 25.0. The van der Waals surface area contributed by atoms with Gasteiger partial charge in [-0.05, 0) is 43.0 Å². The summed E-state index contributed by atoms with van der Waals surface area (Å²) in [4.78, 5) is 8.01. The van der Waals surface area contributed by atoms with Crippen molar-refractivity contribution in [2.24, 2.45) is 0 Å². The Hall–Kier alpha value is -2.96. The third-order valence-corrected chi connectivity index (χ3v) is 6.30. The predicted octanol–water partition coefficient (Wildman–Crippen LogP) is 4.53. The third-order valence-electron chi connectivity index (χ3n) is 4.84. The smallest absolute Gasteiger partial charge is 0.240 e. The van der Waals surface area contributed by atoms with Gasteiger partial charge in [-0.15, -0.1) is 0 Å². The summed E-state index contributed by atoms with van der Waals surface area (Å²) in [6.45, 7) is 0.422. The van der Waals surface area contributed by atoms with Crippen molar-refractivity contribution in [3.05, 3.63) is 84.4 Å². The van der Waals surface area contributed by atoms with Crippen molar-refractivity contribution >= 4 is 21.1 Å². The number of imidazole rings is 1. The summed E-state index contributed by atoms with van der Waals surface area (Å²) in [5.74, 6) is 0.726. The number of H-pyrrole nitrogens is 1. The lowest BCUT2D eigenvalue weighted by molar-refractivity contribution is 0.577. The number of nitrogens with zero attached hydrogens (tertiary/aromatic N) is 1. The number of hydrogen-bond acceptors (Lipinski definition) is 3. The highest BCUT2D eigenvalue weighted by Gasteiger charge is 2.15. The Kier molecular flexibility index (Phi) is 5.74. The summed E-state index contributed by atoms with van der Waals surface area (Å²) in [7, 11) is -3.55. The molecule has 0 saturated carbocycles. The van der Waals surface area contributed by atoms with Crippen molar-refractivity contribution in [1.29, 1.82) is 0 Å². The molecule has 6 heteroatoms. The van der Waals surface area contributed by atoms with Gasteiger partial charge in [-0.25, -0.2) is 18.1 Å². The molecule has 0 aliphatic rings. The fourth-order valence-electron chi connectivity index (χ4n) is 3.28. The van der Waals surface area contributed by atoms with Crippen LogP contribution in [0.4, 0.5) is 0 Å². The molecule has 0 amide bonds. The van der Waals surface area contributed by atoms with Gasteiger partial charge in [-0.3, -0.25) is 0 Å². The largest absolute Gasteiger partial charge is 0.338 e. The van der Waals surface area contributed by atoms with Crippen LogP contribution in [0.15, 0.2) is 83.8 Å². The van der Waals surface area contributed by atoms with Gasteiger partial charge in [0.15, 0.2) is 0 Å². The Morgan fingerprint density at radius 2 is 1.59 bits per heavy atom. The molecule has 0 atom stereocenters. The number of unbranched alkanes of at least 4 members (excludes halogenated alkanes) is 1. The summed E-state index contributed by atoms with van der Waals surface area (Å²) in [5, 5.41) is 0. The SMILES string of the molecule is O=S(=O)(NCCCCc1ccccc1)c1ccc2nc(-c3ccccc3)[nH]c2c1. The van der Waals surface area contributed by atoms with Crippen LogP contribution in [-0.4, -0.2) is 24.9 Å². The molecule has 0 aliphatic carbocycles. The second-order valence-corrected chi connectivity index (χ2v) is 8.74. The van der Waals surface area contributed by atoms with E-state index in [1.165, 1.54) is 5.56 Å². The van der Waals surface area contributed by atoms with Gasteiger partial charge in [0.05, 0.1) is 15.9 Å². The first-order chi connectivity index (χ1) is 14.1. The molecule has 0 unspecified atom stereocenters. The molecule has 0 aliphatic heterocycles. The number of rotatable bonds is 8. The predicted molar refractivity (Wildman–Crippen MR) is 116 cm³/mol. The molecule has 1 heterocycles. The Balaban J connectivity index is 1.40. The van der Waals surface area contributed by atoms with Crippen molar-refractivity contribution in [1.82, 2.24) is 14.7 Å². The fourth-order valence-corrected chi connectivity index (χ4v) is 4.38. The molecule has 4 aromatic rings. The zero-order chi connectivity index (χ0) is 20.1. The molecule has 0 spiro atoms. The van der Waals surface area contributed by atoms with Gasteiger partial charge in [-0.1, -0.05) is 60.7 Å². The van der Waals surface area contributed by atoms with Gasteiger partial charge in [-0.2, -0.15) is 0 Å². The number of aromatic nitrogens is 2. The zero-order valence-electron chi connectivity index (χ0n) is 16.0. The first-order valence-corrected chi connectivity index (χ1v) is 11.2. The van der Waals surface area contributed by atoms with Crippen LogP contribution in [0.3, 0.4) is 0 Å². The monoisotopic (exact) mass is 405 g/mol. The molecular weight excluding hydrogens is 382 g/mol. The lowest BCUT2D eigenvalue weighted by Gasteiger charge is -2.07. The molecule has 29 heavy (non-hydrogen) atoms. The number of nitrogens with one attached hydrogen (secondary N) is 2. The lowest BCUT2D eigenvalue weighted by atomic mass is 10.1. The summed E-state index contributed by atoms with van der Waals surface area (Å²) in [5.41, 5.74) is 3.68. The van der Waals surface area contributed by atoms with Crippen molar-refractivity contribution < 1.29 is 8.42 Å². The molecule has 148 valence electrons. The average molecular weight is 406 g/mol. The average Bonchev–Trinajstić information content (AvgIpc) is 3.18. The number of sulfonamides is 1. The lowest BCUT2D eigenvalue weighted by Crippen LogP contribution is -2.24. The summed E-state index contributed by atoms with van der Waals surface area (Å²) >= 11 is 0. The molecule has 2 N–H and O–H groups in total. The highest BCUT2D eigenvalue weighted by atomic mass is 32.2. The molecule has 0 bridgehead atoms. The van der Waals surface area contributed by atoms with Crippen LogP contribution in [0.5, 0.6) is 0 Å². The van der Waals surface area contributed by atoms with Crippen molar-refractivity contribution in [3.8, 4) is 11.4 Å². The Labute approximate surface area is 170 Å². The van der Waals surface area contributed by atoms with E-state index in [4.69, 9.17) is 0 Å². The second kappa shape index (κ2) is 8.59. The van der Waals surface area contributed by atoms with E-state index in [2.05, 4.69) is 26.8 Å². The first-order valence-electron chi connectivity index (χ1n) is 9.71. The Morgan fingerprint density at radius 3 is 2.34 bits per heavy atom. The van der Waals surface area contributed by atoms with Gasteiger partial charge in [0.25, 0.3) is 0 Å². The van der Waals surface area contributed by atoms with Crippen LogP contribution in [0.2, 0.25) is 0 Å². The van der Waals surface area contributed by atoms with E-state index < -0.39 is 10.0 Å². The maximum absolute atomic E-state index is 12.6. The van der Waals surface area contributed by atoms with E-state index in [0.717, 1.165) is 36.2 Å². The number of hydrogen-bond donors (Lipinski definition) is 2. The van der Waals surface area contributed by atoms with E-state index in [9.17, 15) is 8.42 Å². The topological polar surface area (TPSA) is 74.8 Å². The standard InChI is InChI=1S/C23H23N3O2S/c27-29(28,24-16-8-7-11-18-9-3-1-4-10-18)20-14-15-21-22(17-20)26-23(25-21)19-12-5-2-6-13-19/h1-6,9-10,12-15,17,24H,7-8,11,16H2,(H,25,26). The fraction of sp³-hybridized carbons (Fsp3) is 0.174. The van der Waals surface area contributed by atoms with E-state index in [0.29, 0.717) is 12.1 Å². The van der Waals surface area contributed by atoms with Crippen molar-refractivity contribution in [2.75, 3.05) is 6.54 Å². The third kappa shape index (κ3) is 4.72. The van der Waals surface area contributed by atoms with E-state index >= 15 is 0 Å². The van der Waals surface area contributed by atoms with Crippen LogP contribution in [-0.2, 0) is 16.4 Å². The van der Waals surface area contributed by atoms with Gasteiger partial charge >= 0.3 is 0 Å². The van der Waals surface area contributed by atoms with Crippen LogP contribution < -0.4 is 4.72 Å². The zero-order valence-corrected chi connectivity index (χ0v) is 16.8. The highest BCUT2D eigenvalue weighted by molar-refractivity contribution is 7.89. The van der Waals surface area contributed by atoms with Crippen LogP contribution in [0, 0.1) is 0 Å². The van der Waals surface area contributed by atoms with E-state index in [-0.39, 0.29) is 4.90 Å². The Morgan fingerprint density at radius 1 is 0.862 bits per heavy atom. The van der Waals surface area contributed by atoms with Crippen LogP contribution in [0.1, 0.15) is 18.4 Å². The maximum atomic E-state index is 12.6. The van der Waals surface area contributed by atoms with Gasteiger partial charge in [0.2, 0.25) is 10.0 Å². The van der Waals surface area contributed by atoms with Crippen LogP contribution >= 0.6 is 0 Å². The second-order valence-electron chi connectivity index (χ2n) is 6.97. The molecule has 3 aromatic carbocycles. The number of aromatic amines is 1. The first kappa shape index (κ1) is 19.4. The van der Waals surface area contributed by atoms with E-state index in [1.54, 1.807) is 18.2 Å². The molecule has 5 nitrogen and oxygen atoms in total. The van der Waals surface area contributed by atoms with Crippen LogP contribution in [0.25, 0.3) is 22.4 Å². The summed E-state index contributed by atoms with van der Waals surface area (Å²) < 4.78 is 28.0. The van der Waals surface area contributed by atoms with Crippen molar-refractivity contribution in [2.45, 2.75) is 24.2 Å². The molecular formula is C23H23N3O2S. The molecule has 0 saturated heterocycles. The quantitative estimate of drug-likeness (QED) is 0.423. The molecule has 1 aromatic heterocycles. The number of benzene rings is 3. The van der Waals surface area contributed by atoms with Gasteiger partial charge in [0.1, 0.15) is 5.82 Å². The molecule has 0 fully saturated rings.